The van der Waals surface area contributed by atoms with Gasteiger partial charge in [0, 0.05) is 18.0 Å². The van der Waals surface area contributed by atoms with E-state index in [0.717, 1.165) is 17.7 Å². The van der Waals surface area contributed by atoms with Crippen molar-refractivity contribution < 1.29 is 4.74 Å². The average Bonchev–Trinajstić information content (AvgIpc) is 2.84. The van der Waals surface area contributed by atoms with E-state index in [1.54, 1.807) is 11.3 Å². The summed E-state index contributed by atoms with van der Waals surface area (Å²) in [6, 6.07) is 8.31. The van der Waals surface area contributed by atoms with Crippen LogP contribution < -0.4 is 10.5 Å². The molecule has 18 heavy (non-hydrogen) atoms. The van der Waals surface area contributed by atoms with Crippen LogP contribution >= 0.6 is 11.3 Å². The number of aryl methyl sites for hydroxylation is 1. The van der Waals surface area contributed by atoms with E-state index < -0.39 is 0 Å². The Kier molecular flexibility index (Phi) is 4.39. The standard InChI is InChI=1S/C15H19NOS/c1-11-3-4-15(14(9-11)12(2)16)17-7-5-13-6-8-18-10-13/h3-4,6,8-10,12H,5,7,16H2,1-2H3/t12-/m1/s1. The third-order valence-electron chi connectivity index (χ3n) is 2.88. The largest absolute Gasteiger partial charge is 0.493 e. The second-order valence-electron chi connectivity index (χ2n) is 4.56. The summed E-state index contributed by atoms with van der Waals surface area (Å²) >= 11 is 1.72. The summed E-state index contributed by atoms with van der Waals surface area (Å²) < 4.78 is 5.85. The number of hydrogen-bond donors (Lipinski definition) is 1. The van der Waals surface area contributed by atoms with Gasteiger partial charge in [-0.2, -0.15) is 11.3 Å². The van der Waals surface area contributed by atoms with Gasteiger partial charge in [0.15, 0.2) is 0 Å². The molecule has 0 bridgehead atoms. The summed E-state index contributed by atoms with van der Waals surface area (Å²) in [6.07, 6.45) is 0.940. The molecule has 1 aromatic heterocycles. The lowest BCUT2D eigenvalue weighted by Gasteiger charge is -2.14. The summed E-state index contributed by atoms with van der Waals surface area (Å²) in [5, 5.41) is 4.25. The Labute approximate surface area is 112 Å². The predicted octanol–water partition coefficient (Wildman–Crippen LogP) is 3.70. The normalized spacial score (nSPS) is 12.4. The maximum Gasteiger partial charge on any atom is 0.124 e. The maximum absolute atomic E-state index is 5.97. The highest BCUT2D eigenvalue weighted by Gasteiger charge is 2.08. The highest BCUT2D eigenvalue weighted by molar-refractivity contribution is 7.07. The fraction of sp³-hybridized carbons (Fsp3) is 0.333. The number of nitrogens with two attached hydrogens (primary N) is 1. The number of hydrogen-bond acceptors (Lipinski definition) is 3. The quantitative estimate of drug-likeness (QED) is 0.890. The van der Waals surface area contributed by atoms with Crippen molar-refractivity contribution in [1.82, 2.24) is 0 Å². The first-order chi connectivity index (χ1) is 8.66. The molecule has 0 fully saturated rings. The second kappa shape index (κ2) is 6.03. The van der Waals surface area contributed by atoms with Crippen LogP contribution in [0.5, 0.6) is 5.75 Å². The van der Waals surface area contributed by atoms with Crippen LogP contribution in [-0.2, 0) is 6.42 Å². The summed E-state index contributed by atoms with van der Waals surface area (Å²) in [4.78, 5) is 0. The fourth-order valence-corrected chi connectivity index (χ4v) is 2.57. The minimum atomic E-state index is 0.000970. The summed E-state index contributed by atoms with van der Waals surface area (Å²) in [5.74, 6) is 0.908. The first-order valence-corrected chi connectivity index (χ1v) is 7.11. The molecule has 0 radical (unpaired) electrons. The Morgan fingerprint density at radius 3 is 2.83 bits per heavy atom. The van der Waals surface area contributed by atoms with Crippen LogP contribution in [0.15, 0.2) is 35.0 Å². The van der Waals surface area contributed by atoms with Crippen LogP contribution in [0.2, 0.25) is 0 Å². The van der Waals surface area contributed by atoms with Crippen LogP contribution in [0.3, 0.4) is 0 Å². The smallest absolute Gasteiger partial charge is 0.124 e. The molecular weight excluding hydrogens is 242 g/mol. The predicted molar refractivity (Wildman–Crippen MR) is 77.3 cm³/mol. The van der Waals surface area contributed by atoms with E-state index in [9.17, 15) is 0 Å². The molecule has 0 saturated carbocycles. The van der Waals surface area contributed by atoms with Crippen LogP contribution in [0, 0.1) is 6.92 Å². The van der Waals surface area contributed by atoms with Gasteiger partial charge in [-0.3, -0.25) is 0 Å². The molecule has 1 atom stereocenters. The van der Waals surface area contributed by atoms with Crippen molar-refractivity contribution in [1.29, 1.82) is 0 Å². The lowest BCUT2D eigenvalue weighted by molar-refractivity contribution is 0.317. The summed E-state index contributed by atoms with van der Waals surface area (Å²) in [6.45, 7) is 4.75. The number of benzene rings is 1. The molecular formula is C15H19NOS. The van der Waals surface area contributed by atoms with Crippen molar-refractivity contribution in [3.05, 3.63) is 51.7 Å². The first-order valence-electron chi connectivity index (χ1n) is 6.17. The second-order valence-corrected chi connectivity index (χ2v) is 5.34. The lowest BCUT2D eigenvalue weighted by atomic mass is 10.1. The third kappa shape index (κ3) is 3.34. The zero-order valence-electron chi connectivity index (χ0n) is 10.8. The van der Waals surface area contributed by atoms with Gasteiger partial charge in [-0.15, -0.1) is 0 Å². The van der Waals surface area contributed by atoms with Gasteiger partial charge in [0.1, 0.15) is 5.75 Å². The van der Waals surface area contributed by atoms with Gasteiger partial charge in [0.05, 0.1) is 6.61 Å². The van der Waals surface area contributed by atoms with E-state index >= 15 is 0 Å². The van der Waals surface area contributed by atoms with Crippen LogP contribution in [0.1, 0.15) is 29.7 Å². The number of ether oxygens (including phenoxy) is 1. The van der Waals surface area contributed by atoms with Gasteiger partial charge in [-0.05, 0) is 42.3 Å². The van der Waals surface area contributed by atoms with Crippen molar-refractivity contribution >= 4 is 11.3 Å². The molecule has 2 N–H and O–H groups in total. The van der Waals surface area contributed by atoms with E-state index in [1.165, 1.54) is 11.1 Å². The van der Waals surface area contributed by atoms with Crippen molar-refractivity contribution in [3.8, 4) is 5.75 Å². The van der Waals surface area contributed by atoms with Crippen molar-refractivity contribution in [2.24, 2.45) is 5.73 Å². The topological polar surface area (TPSA) is 35.2 Å². The SMILES string of the molecule is Cc1ccc(OCCc2ccsc2)c([C@@H](C)N)c1. The molecule has 1 aromatic carbocycles. The van der Waals surface area contributed by atoms with Gasteiger partial charge < -0.3 is 10.5 Å². The molecule has 0 aliphatic carbocycles. The zero-order valence-corrected chi connectivity index (χ0v) is 11.7. The van der Waals surface area contributed by atoms with Gasteiger partial charge in [0.25, 0.3) is 0 Å². The van der Waals surface area contributed by atoms with E-state index in [4.69, 9.17) is 10.5 Å². The van der Waals surface area contributed by atoms with Crippen LogP contribution in [0.25, 0.3) is 0 Å². The van der Waals surface area contributed by atoms with E-state index in [-0.39, 0.29) is 6.04 Å². The van der Waals surface area contributed by atoms with E-state index in [1.807, 2.05) is 13.0 Å². The molecule has 0 saturated heterocycles. The Hall–Kier alpha value is -1.32. The van der Waals surface area contributed by atoms with Crippen LogP contribution in [-0.4, -0.2) is 6.61 Å². The zero-order chi connectivity index (χ0) is 13.0. The Bertz CT molecular complexity index is 491. The van der Waals surface area contributed by atoms with Crippen molar-refractivity contribution in [3.63, 3.8) is 0 Å². The Balaban J connectivity index is 2.00. The maximum atomic E-state index is 5.97. The molecule has 2 aromatic rings. The molecule has 2 nitrogen and oxygen atoms in total. The van der Waals surface area contributed by atoms with Crippen LogP contribution in [0.4, 0.5) is 0 Å². The minimum Gasteiger partial charge on any atom is -0.493 e. The number of rotatable bonds is 5. The van der Waals surface area contributed by atoms with Gasteiger partial charge in [-0.1, -0.05) is 17.7 Å². The molecule has 1 heterocycles. The molecule has 96 valence electrons. The molecule has 0 aliphatic rings. The molecule has 0 aliphatic heterocycles. The van der Waals surface area contributed by atoms with Gasteiger partial charge >= 0.3 is 0 Å². The highest BCUT2D eigenvalue weighted by Crippen LogP contribution is 2.25. The molecule has 3 heteroatoms. The number of thiophene rings is 1. The third-order valence-corrected chi connectivity index (χ3v) is 3.62. The van der Waals surface area contributed by atoms with E-state index in [0.29, 0.717) is 6.61 Å². The Morgan fingerprint density at radius 2 is 2.17 bits per heavy atom. The van der Waals surface area contributed by atoms with Crippen molar-refractivity contribution in [2.75, 3.05) is 6.61 Å². The van der Waals surface area contributed by atoms with E-state index in [2.05, 4.69) is 35.9 Å². The van der Waals surface area contributed by atoms with Gasteiger partial charge in [-0.25, -0.2) is 0 Å². The lowest BCUT2D eigenvalue weighted by Crippen LogP contribution is -2.09. The fourth-order valence-electron chi connectivity index (χ4n) is 1.87. The molecule has 0 unspecified atom stereocenters. The first kappa shape index (κ1) is 13.1. The minimum absolute atomic E-state index is 0.000970. The highest BCUT2D eigenvalue weighted by atomic mass is 32.1. The van der Waals surface area contributed by atoms with Gasteiger partial charge in [0.2, 0.25) is 0 Å². The summed E-state index contributed by atoms with van der Waals surface area (Å²) in [5.41, 5.74) is 9.60. The molecule has 2 rings (SSSR count). The Morgan fingerprint density at radius 1 is 1.33 bits per heavy atom. The van der Waals surface area contributed by atoms with Crippen molar-refractivity contribution in [2.45, 2.75) is 26.3 Å². The monoisotopic (exact) mass is 261 g/mol. The molecule has 0 amide bonds. The average molecular weight is 261 g/mol. The summed E-state index contributed by atoms with van der Waals surface area (Å²) in [7, 11) is 0. The molecule has 0 spiro atoms.